The van der Waals surface area contributed by atoms with E-state index in [9.17, 15) is 18.0 Å². The molecule has 0 radical (unpaired) electrons. The third-order valence-electron chi connectivity index (χ3n) is 3.53. The first-order valence-electron chi connectivity index (χ1n) is 7.98. The van der Waals surface area contributed by atoms with Crippen LogP contribution in [0.3, 0.4) is 0 Å². The number of nitrogens with zero attached hydrogens (tertiary/aromatic N) is 1. The maximum absolute atomic E-state index is 13.0. The lowest BCUT2D eigenvalue weighted by atomic mass is 10.0. The predicted molar refractivity (Wildman–Crippen MR) is 101 cm³/mol. The average molecular weight is 379 g/mol. The summed E-state index contributed by atoms with van der Waals surface area (Å²) in [6, 6.07) is 14.6. The van der Waals surface area contributed by atoms with Gasteiger partial charge in [-0.2, -0.15) is 13.2 Å². The molecule has 0 aliphatic heterocycles. The summed E-state index contributed by atoms with van der Waals surface area (Å²) >= 11 is 1.44. The monoisotopic (exact) mass is 379 g/mol. The molecule has 0 unspecified atom stereocenters. The molecule has 0 spiro atoms. The number of thioether (sulfide) groups is 1. The topological polar surface area (TPSA) is 20.3 Å². The fourth-order valence-electron chi connectivity index (χ4n) is 2.34. The number of allylic oxidation sites excluding steroid dienone is 1. The summed E-state index contributed by atoms with van der Waals surface area (Å²) in [5.74, 6) is 0.675. The van der Waals surface area contributed by atoms with Crippen molar-refractivity contribution in [3.05, 3.63) is 77.5 Å². The molecular weight excluding hydrogens is 359 g/mol. The zero-order chi connectivity index (χ0) is 19.2. The van der Waals surface area contributed by atoms with Gasteiger partial charge in [0.1, 0.15) is 0 Å². The number of hydrogen-bond acceptors (Lipinski definition) is 3. The van der Waals surface area contributed by atoms with Crippen molar-refractivity contribution in [2.75, 3.05) is 19.8 Å². The molecule has 0 fully saturated rings. The smallest absolute Gasteiger partial charge is 0.383 e. The van der Waals surface area contributed by atoms with Gasteiger partial charge in [-0.05, 0) is 23.3 Å². The van der Waals surface area contributed by atoms with Crippen molar-refractivity contribution in [3.63, 3.8) is 0 Å². The van der Waals surface area contributed by atoms with Crippen molar-refractivity contribution in [2.24, 2.45) is 0 Å². The highest BCUT2D eigenvalue weighted by Crippen LogP contribution is 2.31. The molecule has 0 aliphatic carbocycles. The number of carbonyl (C=O) groups is 1. The molecule has 138 valence electrons. The van der Waals surface area contributed by atoms with Gasteiger partial charge < -0.3 is 4.90 Å². The Morgan fingerprint density at radius 2 is 1.77 bits per heavy atom. The van der Waals surface area contributed by atoms with E-state index in [1.54, 1.807) is 25.2 Å². The van der Waals surface area contributed by atoms with Crippen LogP contribution in [0.25, 0.3) is 5.57 Å². The number of Topliss-reactive ketones (excluding diaryl/α,β-unsaturated/α-hetero) is 1. The van der Waals surface area contributed by atoms with Gasteiger partial charge >= 0.3 is 6.18 Å². The number of halogens is 3. The van der Waals surface area contributed by atoms with E-state index in [4.69, 9.17) is 0 Å². The van der Waals surface area contributed by atoms with Gasteiger partial charge in [0.2, 0.25) is 0 Å². The molecule has 2 aromatic rings. The van der Waals surface area contributed by atoms with E-state index in [0.29, 0.717) is 5.75 Å². The Labute approximate surface area is 155 Å². The second-order valence-electron chi connectivity index (χ2n) is 5.99. The van der Waals surface area contributed by atoms with Gasteiger partial charge in [-0.1, -0.05) is 42.5 Å². The first kappa shape index (κ1) is 20.1. The first-order chi connectivity index (χ1) is 12.3. The summed E-state index contributed by atoms with van der Waals surface area (Å²) in [5, 5.41) is 0. The van der Waals surface area contributed by atoms with Crippen LogP contribution in [-0.2, 0) is 16.7 Å². The first-order valence-corrected chi connectivity index (χ1v) is 9.13. The van der Waals surface area contributed by atoms with Gasteiger partial charge in [-0.25, -0.2) is 0 Å². The largest absolute Gasteiger partial charge is 0.416 e. The normalized spacial score (nSPS) is 12.1. The third-order valence-corrected chi connectivity index (χ3v) is 4.54. The van der Waals surface area contributed by atoms with Gasteiger partial charge in [0.25, 0.3) is 0 Å². The highest BCUT2D eigenvalue weighted by Gasteiger charge is 2.31. The summed E-state index contributed by atoms with van der Waals surface area (Å²) in [5.41, 5.74) is 0.896. The van der Waals surface area contributed by atoms with Crippen molar-refractivity contribution in [2.45, 2.75) is 11.9 Å². The standard InChI is InChI=1S/C20H20F3NOS/c1-24(2)12-18(16-9-6-10-17(11-16)20(21,22)23)19(25)14-26-13-15-7-4-3-5-8-15/h3-12H,13-14H2,1-2H3/b18-12-. The van der Waals surface area contributed by atoms with Crippen molar-refractivity contribution in [3.8, 4) is 0 Å². The molecule has 2 nitrogen and oxygen atoms in total. The molecule has 0 saturated carbocycles. The van der Waals surface area contributed by atoms with Gasteiger partial charge in [0.05, 0.1) is 11.3 Å². The Hall–Kier alpha value is -2.21. The molecule has 0 heterocycles. The summed E-state index contributed by atoms with van der Waals surface area (Å²) in [4.78, 5) is 14.3. The number of hydrogen-bond donors (Lipinski definition) is 0. The van der Waals surface area contributed by atoms with Crippen molar-refractivity contribution < 1.29 is 18.0 Å². The molecule has 0 bridgehead atoms. The van der Waals surface area contributed by atoms with Crippen molar-refractivity contribution in [1.29, 1.82) is 0 Å². The van der Waals surface area contributed by atoms with Gasteiger partial charge in [0.15, 0.2) is 5.78 Å². The minimum Gasteiger partial charge on any atom is -0.383 e. The van der Waals surface area contributed by atoms with Crippen LogP contribution in [0, 0.1) is 0 Å². The van der Waals surface area contributed by atoms with Crippen LogP contribution in [0.15, 0.2) is 60.8 Å². The van der Waals surface area contributed by atoms with Gasteiger partial charge in [-0.3, -0.25) is 4.79 Å². The number of benzene rings is 2. The van der Waals surface area contributed by atoms with Crippen LogP contribution in [0.4, 0.5) is 13.2 Å². The highest BCUT2D eigenvalue weighted by molar-refractivity contribution is 7.99. The van der Waals surface area contributed by atoms with E-state index >= 15 is 0 Å². The van der Waals surface area contributed by atoms with Crippen LogP contribution in [0.2, 0.25) is 0 Å². The third kappa shape index (κ3) is 5.95. The fourth-order valence-corrected chi connectivity index (χ4v) is 3.21. The second kappa shape index (κ2) is 8.94. The zero-order valence-electron chi connectivity index (χ0n) is 14.6. The van der Waals surface area contributed by atoms with Crippen LogP contribution >= 0.6 is 11.8 Å². The maximum atomic E-state index is 13.0. The molecule has 0 saturated heterocycles. The minimum atomic E-state index is -4.44. The van der Waals surface area contributed by atoms with Crippen LogP contribution in [0.5, 0.6) is 0 Å². The van der Waals surface area contributed by atoms with Crippen LogP contribution in [0.1, 0.15) is 16.7 Å². The second-order valence-corrected chi connectivity index (χ2v) is 6.97. The van der Waals surface area contributed by atoms with Crippen LogP contribution < -0.4 is 0 Å². The molecule has 2 aromatic carbocycles. The number of alkyl halides is 3. The molecule has 0 aromatic heterocycles. The number of rotatable bonds is 7. The van der Waals surface area contributed by atoms with Crippen LogP contribution in [-0.4, -0.2) is 30.5 Å². The minimum absolute atomic E-state index is 0.195. The van der Waals surface area contributed by atoms with E-state index in [0.717, 1.165) is 17.7 Å². The lowest BCUT2D eigenvalue weighted by Gasteiger charge is -2.14. The summed E-state index contributed by atoms with van der Waals surface area (Å²) in [7, 11) is 3.47. The lowest BCUT2D eigenvalue weighted by Crippen LogP contribution is -2.12. The fraction of sp³-hybridized carbons (Fsp3) is 0.250. The zero-order valence-corrected chi connectivity index (χ0v) is 15.4. The lowest BCUT2D eigenvalue weighted by molar-refractivity contribution is -0.137. The molecule has 0 N–H and O–H groups in total. The summed E-state index contributed by atoms with van der Waals surface area (Å²) in [6.45, 7) is 0. The Morgan fingerprint density at radius 3 is 2.38 bits per heavy atom. The predicted octanol–water partition coefficient (Wildman–Crippen LogP) is 5.11. The maximum Gasteiger partial charge on any atom is 0.416 e. The Bertz CT molecular complexity index is 770. The number of ketones is 1. The van der Waals surface area contributed by atoms with Crippen molar-refractivity contribution in [1.82, 2.24) is 4.90 Å². The molecule has 0 aliphatic rings. The van der Waals surface area contributed by atoms with Crippen molar-refractivity contribution >= 4 is 23.1 Å². The molecular formula is C20H20F3NOS. The summed E-state index contributed by atoms with van der Waals surface area (Å²) < 4.78 is 38.9. The quantitative estimate of drug-likeness (QED) is 0.624. The highest BCUT2D eigenvalue weighted by atomic mass is 32.2. The van der Waals surface area contributed by atoms with Gasteiger partial charge in [0, 0.05) is 31.6 Å². The SMILES string of the molecule is CN(C)/C=C(\C(=O)CSCc1ccccc1)c1cccc(C(F)(F)F)c1. The Morgan fingerprint density at radius 1 is 1.08 bits per heavy atom. The van der Waals surface area contributed by atoms with E-state index in [2.05, 4.69) is 0 Å². The number of carbonyl (C=O) groups excluding carboxylic acids is 1. The average Bonchev–Trinajstić information content (AvgIpc) is 2.59. The molecule has 0 amide bonds. The summed E-state index contributed by atoms with van der Waals surface area (Å²) in [6.07, 6.45) is -2.87. The molecule has 26 heavy (non-hydrogen) atoms. The Kier molecular flexibility index (Phi) is 6.91. The van der Waals surface area contributed by atoms with E-state index in [1.165, 1.54) is 23.9 Å². The molecule has 0 atom stereocenters. The molecule has 6 heteroatoms. The van der Waals surface area contributed by atoms with E-state index in [1.807, 2.05) is 30.3 Å². The Balaban J connectivity index is 2.16. The van der Waals surface area contributed by atoms with Gasteiger partial charge in [-0.15, -0.1) is 11.8 Å². The van der Waals surface area contributed by atoms with E-state index in [-0.39, 0.29) is 22.7 Å². The molecule has 2 rings (SSSR count). The van der Waals surface area contributed by atoms with E-state index < -0.39 is 11.7 Å².